The molecule has 0 unspecified atom stereocenters. The van der Waals surface area contributed by atoms with E-state index in [0.717, 1.165) is 5.56 Å². The molecular weight excluding hydrogens is 342 g/mol. The fourth-order valence-corrected chi connectivity index (χ4v) is 2.55. The summed E-state index contributed by atoms with van der Waals surface area (Å²) in [7, 11) is 3.18. The Morgan fingerprint density at radius 2 is 1.76 bits per heavy atom. The highest BCUT2D eigenvalue weighted by Gasteiger charge is 2.20. The Balaban J connectivity index is 2.08. The number of hydrogen-bond donors (Lipinski definition) is 1. The van der Waals surface area contributed by atoms with Gasteiger partial charge in [0.15, 0.2) is 6.10 Å². The zero-order valence-electron chi connectivity index (χ0n) is 14.7. The minimum atomic E-state index is -0.695. The van der Waals surface area contributed by atoms with E-state index >= 15 is 0 Å². The molecule has 2 aromatic rings. The monoisotopic (exact) mass is 363 g/mol. The van der Waals surface area contributed by atoms with Crippen LogP contribution >= 0.6 is 11.6 Å². The molecule has 0 aliphatic heterocycles. The second-order valence-electron chi connectivity index (χ2n) is 5.53. The highest BCUT2D eigenvalue weighted by molar-refractivity contribution is 6.32. The molecule has 2 aromatic carbocycles. The zero-order chi connectivity index (χ0) is 18.4. The molecule has 0 spiro atoms. The van der Waals surface area contributed by atoms with Gasteiger partial charge < -0.3 is 19.5 Å². The zero-order valence-corrected chi connectivity index (χ0v) is 15.5. The van der Waals surface area contributed by atoms with Crippen molar-refractivity contribution < 1.29 is 19.0 Å². The van der Waals surface area contributed by atoms with Crippen LogP contribution in [0.3, 0.4) is 0 Å². The number of carbonyl (C=O) groups excluding carboxylic acids is 1. The van der Waals surface area contributed by atoms with Crippen LogP contribution in [-0.4, -0.2) is 26.2 Å². The average molecular weight is 364 g/mol. The molecule has 0 radical (unpaired) electrons. The first-order chi connectivity index (χ1) is 12.0. The summed E-state index contributed by atoms with van der Waals surface area (Å²) in [5.74, 6) is 1.58. The normalized spacial score (nSPS) is 12.8. The molecule has 0 aromatic heterocycles. The van der Waals surface area contributed by atoms with Crippen LogP contribution in [0.5, 0.6) is 17.2 Å². The molecule has 0 aliphatic carbocycles. The van der Waals surface area contributed by atoms with Gasteiger partial charge in [0.25, 0.3) is 5.91 Å². The Bertz CT molecular complexity index is 735. The number of nitrogens with one attached hydrogen (secondary N) is 1. The van der Waals surface area contributed by atoms with Crippen LogP contribution in [0.15, 0.2) is 42.5 Å². The molecule has 1 amide bonds. The fourth-order valence-electron chi connectivity index (χ4n) is 2.37. The van der Waals surface area contributed by atoms with E-state index in [4.69, 9.17) is 25.8 Å². The molecule has 6 heteroatoms. The summed E-state index contributed by atoms with van der Waals surface area (Å²) in [4.78, 5) is 12.4. The molecule has 1 N–H and O–H groups in total. The standard InChI is InChI=1S/C19H22ClNO4/c1-12(15-11-14(23-3)9-10-17(15)24-4)21-19(22)13(2)25-18-8-6-5-7-16(18)20/h5-13H,1-4H3,(H,21,22)/t12-,13-/m0/s1. The van der Waals surface area contributed by atoms with Gasteiger partial charge in [-0.05, 0) is 44.2 Å². The van der Waals surface area contributed by atoms with Crippen LogP contribution in [0.2, 0.25) is 5.02 Å². The molecule has 5 nitrogen and oxygen atoms in total. The Hall–Kier alpha value is -2.40. The predicted octanol–water partition coefficient (Wildman–Crippen LogP) is 4.00. The lowest BCUT2D eigenvalue weighted by atomic mass is 10.1. The van der Waals surface area contributed by atoms with Gasteiger partial charge in [-0.2, -0.15) is 0 Å². The van der Waals surface area contributed by atoms with Crippen LogP contribution in [0.25, 0.3) is 0 Å². The largest absolute Gasteiger partial charge is 0.497 e. The van der Waals surface area contributed by atoms with Crippen molar-refractivity contribution in [2.24, 2.45) is 0 Å². The van der Waals surface area contributed by atoms with Crippen molar-refractivity contribution in [1.82, 2.24) is 5.32 Å². The second kappa shape index (κ2) is 8.62. The van der Waals surface area contributed by atoms with Crippen LogP contribution in [0, 0.1) is 0 Å². The predicted molar refractivity (Wildman–Crippen MR) is 97.6 cm³/mol. The summed E-state index contributed by atoms with van der Waals surface area (Å²) >= 11 is 6.06. The van der Waals surface area contributed by atoms with Gasteiger partial charge in [-0.25, -0.2) is 0 Å². The van der Waals surface area contributed by atoms with Crippen molar-refractivity contribution >= 4 is 17.5 Å². The van der Waals surface area contributed by atoms with E-state index in [2.05, 4.69) is 5.32 Å². The molecule has 0 fully saturated rings. The molecule has 0 bridgehead atoms. The van der Waals surface area contributed by atoms with Crippen molar-refractivity contribution in [3.63, 3.8) is 0 Å². The van der Waals surface area contributed by atoms with Gasteiger partial charge in [-0.15, -0.1) is 0 Å². The van der Waals surface area contributed by atoms with E-state index in [-0.39, 0.29) is 11.9 Å². The number of para-hydroxylation sites is 1. The van der Waals surface area contributed by atoms with Crippen molar-refractivity contribution in [3.05, 3.63) is 53.1 Å². The molecule has 0 saturated carbocycles. The van der Waals surface area contributed by atoms with E-state index < -0.39 is 6.10 Å². The van der Waals surface area contributed by atoms with Crippen molar-refractivity contribution in [2.45, 2.75) is 26.0 Å². The van der Waals surface area contributed by atoms with Crippen molar-refractivity contribution in [1.29, 1.82) is 0 Å². The first kappa shape index (κ1) is 18.9. The summed E-state index contributed by atoms with van der Waals surface area (Å²) in [6.07, 6.45) is -0.695. The van der Waals surface area contributed by atoms with E-state index in [1.54, 1.807) is 57.5 Å². The van der Waals surface area contributed by atoms with Crippen LogP contribution < -0.4 is 19.5 Å². The number of benzene rings is 2. The Labute approximate surface area is 152 Å². The summed E-state index contributed by atoms with van der Waals surface area (Å²) < 4.78 is 16.3. The number of rotatable bonds is 7. The minimum Gasteiger partial charge on any atom is -0.497 e. The minimum absolute atomic E-state index is 0.253. The first-order valence-corrected chi connectivity index (χ1v) is 8.27. The Kier molecular flexibility index (Phi) is 6.53. The number of methoxy groups -OCH3 is 2. The van der Waals surface area contributed by atoms with Gasteiger partial charge in [0.1, 0.15) is 17.2 Å². The maximum Gasteiger partial charge on any atom is 0.261 e. The van der Waals surface area contributed by atoms with Gasteiger partial charge in [0, 0.05) is 5.56 Å². The molecular formula is C19H22ClNO4. The highest BCUT2D eigenvalue weighted by atomic mass is 35.5. The molecule has 2 rings (SSSR count). The Morgan fingerprint density at radius 1 is 1.04 bits per heavy atom. The first-order valence-electron chi connectivity index (χ1n) is 7.89. The fraction of sp³-hybridized carbons (Fsp3) is 0.316. The van der Waals surface area contributed by atoms with Gasteiger partial charge >= 0.3 is 0 Å². The van der Waals surface area contributed by atoms with Gasteiger partial charge in [0.2, 0.25) is 0 Å². The number of amides is 1. The summed E-state index contributed by atoms with van der Waals surface area (Å²) in [6.45, 7) is 3.55. The lowest BCUT2D eigenvalue weighted by Crippen LogP contribution is -2.37. The quantitative estimate of drug-likeness (QED) is 0.807. The number of carbonyl (C=O) groups is 1. The lowest BCUT2D eigenvalue weighted by molar-refractivity contribution is -0.127. The third-order valence-electron chi connectivity index (χ3n) is 3.77. The van der Waals surface area contributed by atoms with E-state index in [1.165, 1.54) is 0 Å². The van der Waals surface area contributed by atoms with Crippen LogP contribution in [0.4, 0.5) is 0 Å². The van der Waals surface area contributed by atoms with E-state index in [9.17, 15) is 4.79 Å². The maximum absolute atomic E-state index is 12.4. The lowest BCUT2D eigenvalue weighted by Gasteiger charge is -2.21. The van der Waals surface area contributed by atoms with E-state index in [1.807, 2.05) is 13.0 Å². The van der Waals surface area contributed by atoms with E-state index in [0.29, 0.717) is 22.3 Å². The van der Waals surface area contributed by atoms with Crippen LogP contribution in [-0.2, 0) is 4.79 Å². The maximum atomic E-state index is 12.4. The molecule has 2 atom stereocenters. The molecule has 25 heavy (non-hydrogen) atoms. The summed E-state index contributed by atoms with van der Waals surface area (Å²) in [5.41, 5.74) is 0.820. The molecule has 134 valence electrons. The van der Waals surface area contributed by atoms with Crippen molar-refractivity contribution in [3.8, 4) is 17.2 Å². The summed E-state index contributed by atoms with van der Waals surface area (Å²) in [6, 6.07) is 12.2. The SMILES string of the molecule is COc1ccc(OC)c([C@H](C)NC(=O)[C@H](C)Oc2ccccc2Cl)c1. The Morgan fingerprint density at radius 3 is 2.40 bits per heavy atom. The number of hydrogen-bond acceptors (Lipinski definition) is 4. The smallest absolute Gasteiger partial charge is 0.261 e. The topological polar surface area (TPSA) is 56.8 Å². The summed E-state index contributed by atoms with van der Waals surface area (Å²) in [5, 5.41) is 3.38. The number of ether oxygens (including phenoxy) is 3. The molecule has 0 saturated heterocycles. The van der Waals surface area contributed by atoms with Gasteiger partial charge in [-0.3, -0.25) is 4.79 Å². The molecule has 0 aliphatic rings. The third kappa shape index (κ3) is 4.79. The third-order valence-corrected chi connectivity index (χ3v) is 4.08. The van der Waals surface area contributed by atoms with Crippen LogP contribution in [0.1, 0.15) is 25.5 Å². The molecule has 0 heterocycles. The second-order valence-corrected chi connectivity index (χ2v) is 5.94. The average Bonchev–Trinajstić information content (AvgIpc) is 2.62. The van der Waals surface area contributed by atoms with Gasteiger partial charge in [0.05, 0.1) is 25.3 Å². The van der Waals surface area contributed by atoms with Gasteiger partial charge in [-0.1, -0.05) is 23.7 Å². The highest BCUT2D eigenvalue weighted by Crippen LogP contribution is 2.29. The number of halogens is 1. The van der Waals surface area contributed by atoms with Crippen molar-refractivity contribution in [2.75, 3.05) is 14.2 Å².